The van der Waals surface area contributed by atoms with Gasteiger partial charge in [0.2, 0.25) is 0 Å². The summed E-state index contributed by atoms with van der Waals surface area (Å²) in [6, 6.07) is 0.561. The SMILES string of the molecule is CC(C)(C)C(CN)N1CCC2CCCCC2C1. The molecule has 0 bridgehead atoms. The summed E-state index contributed by atoms with van der Waals surface area (Å²) in [6.07, 6.45) is 7.29. The van der Waals surface area contributed by atoms with Crippen molar-refractivity contribution in [3.05, 3.63) is 0 Å². The molecule has 0 aromatic carbocycles. The van der Waals surface area contributed by atoms with Gasteiger partial charge in [-0.2, -0.15) is 0 Å². The van der Waals surface area contributed by atoms with Gasteiger partial charge in [-0.3, -0.25) is 4.90 Å². The third-order valence-corrected chi connectivity index (χ3v) is 4.99. The summed E-state index contributed by atoms with van der Waals surface area (Å²) in [4.78, 5) is 2.69. The number of piperidine rings is 1. The lowest BCUT2D eigenvalue weighted by Gasteiger charge is -2.47. The highest BCUT2D eigenvalue weighted by atomic mass is 15.2. The molecule has 1 saturated heterocycles. The van der Waals surface area contributed by atoms with Gasteiger partial charge in [0.25, 0.3) is 0 Å². The highest BCUT2D eigenvalue weighted by Crippen LogP contribution is 2.38. The minimum Gasteiger partial charge on any atom is -0.329 e. The van der Waals surface area contributed by atoms with E-state index < -0.39 is 0 Å². The summed E-state index contributed by atoms with van der Waals surface area (Å²) in [7, 11) is 0. The summed E-state index contributed by atoms with van der Waals surface area (Å²) in [6.45, 7) is 10.4. The fraction of sp³-hybridized carbons (Fsp3) is 1.00. The Morgan fingerprint density at radius 3 is 2.35 bits per heavy atom. The maximum atomic E-state index is 6.02. The smallest absolute Gasteiger partial charge is 0.0266 e. The van der Waals surface area contributed by atoms with E-state index in [-0.39, 0.29) is 0 Å². The molecule has 0 spiro atoms. The lowest BCUT2D eigenvalue weighted by atomic mass is 9.73. The highest BCUT2D eigenvalue weighted by molar-refractivity contribution is 4.90. The Bertz CT molecular complexity index is 244. The van der Waals surface area contributed by atoms with Crippen molar-refractivity contribution in [3.63, 3.8) is 0 Å². The van der Waals surface area contributed by atoms with Crippen molar-refractivity contribution in [2.45, 2.75) is 58.9 Å². The van der Waals surface area contributed by atoms with Gasteiger partial charge in [-0.25, -0.2) is 0 Å². The fourth-order valence-corrected chi connectivity index (χ4v) is 3.96. The third kappa shape index (κ3) is 3.03. The van der Waals surface area contributed by atoms with Crippen LogP contribution in [0.5, 0.6) is 0 Å². The summed E-state index contributed by atoms with van der Waals surface area (Å²) >= 11 is 0. The molecule has 2 aliphatic rings. The minimum absolute atomic E-state index is 0.316. The van der Waals surface area contributed by atoms with Crippen LogP contribution in [0.15, 0.2) is 0 Å². The van der Waals surface area contributed by atoms with Crippen LogP contribution in [0.1, 0.15) is 52.9 Å². The molecule has 3 unspecified atom stereocenters. The number of nitrogens with zero attached hydrogens (tertiary/aromatic N) is 1. The Balaban J connectivity index is 1.98. The molecule has 2 N–H and O–H groups in total. The standard InChI is InChI=1S/C15H30N2/c1-15(2,3)14(10-16)17-9-8-12-6-4-5-7-13(12)11-17/h12-14H,4-11,16H2,1-3H3. The second-order valence-corrected chi connectivity index (χ2v) is 7.21. The Kier molecular flexibility index (Phi) is 4.14. The average Bonchev–Trinajstić information content (AvgIpc) is 2.28. The normalized spacial score (nSPS) is 33.2. The quantitative estimate of drug-likeness (QED) is 0.801. The largest absolute Gasteiger partial charge is 0.329 e. The first-order valence-corrected chi connectivity index (χ1v) is 7.46. The summed E-state index contributed by atoms with van der Waals surface area (Å²) in [5, 5.41) is 0. The van der Waals surface area contributed by atoms with Gasteiger partial charge in [0.1, 0.15) is 0 Å². The third-order valence-electron chi connectivity index (χ3n) is 4.99. The van der Waals surface area contributed by atoms with Gasteiger partial charge in [0.15, 0.2) is 0 Å². The predicted molar refractivity (Wildman–Crippen MR) is 73.9 cm³/mol. The van der Waals surface area contributed by atoms with Gasteiger partial charge < -0.3 is 5.73 Å². The molecule has 100 valence electrons. The predicted octanol–water partition coefficient (Wildman–Crippen LogP) is 2.87. The summed E-state index contributed by atoms with van der Waals surface area (Å²) in [5.74, 6) is 1.99. The van der Waals surface area contributed by atoms with Crippen LogP contribution < -0.4 is 5.73 Å². The van der Waals surface area contributed by atoms with Crippen LogP contribution in [0.25, 0.3) is 0 Å². The molecule has 0 aromatic rings. The van der Waals surface area contributed by atoms with Crippen LogP contribution >= 0.6 is 0 Å². The van der Waals surface area contributed by atoms with E-state index in [1.807, 2.05) is 0 Å². The van der Waals surface area contributed by atoms with Crippen LogP contribution in [0.2, 0.25) is 0 Å². The van der Waals surface area contributed by atoms with Crippen molar-refractivity contribution in [1.29, 1.82) is 0 Å². The average molecular weight is 238 g/mol. The number of likely N-dealkylation sites (tertiary alicyclic amines) is 1. The maximum Gasteiger partial charge on any atom is 0.0266 e. The molecule has 0 amide bonds. The van der Waals surface area contributed by atoms with Crippen molar-refractivity contribution in [2.75, 3.05) is 19.6 Å². The molecule has 0 aromatic heterocycles. The molecule has 17 heavy (non-hydrogen) atoms. The lowest BCUT2D eigenvalue weighted by Crippen LogP contribution is -2.54. The first-order valence-electron chi connectivity index (χ1n) is 7.46. The topological polar surface area (TPSA) is 29.3 Å². The van der Waals surface area contributed by atoms with Gasteiger partial charge in [-0.05, 0) is 36.6 Å². The molecule has 1 aliphatic carbocycles. The van der Waals surface area contributed by atoms with Gasteiger partial charge in [-0.15, -0.1) is 0 Å². The number of nitrogens with two attached hydrogens (primary N) is 1. The first kappa shape index (κ1) is 13.4. The van der Waals surface area contributed by atoms with Gasteiger partial charge >= 0.3 is 0 Å². The Morgan fingerprint density at radius 1 is 1.12 bits per heavy atom. The van der Waals surface area contributed by atoms with Crippen LogP contribution in [-0.2, 0) is 0 Å². The fourth-order valence-electron chi connectivity index (χ4n) is 3.96. The molecule has 1 aliphatic heterocycles. The number of hydrogen-bond acceptors (Lipinski definition) is 2. The van der Waals surface area contributed by atoms with Crippen LogP contribution in [0.4, 0.5) is 0 Å². The zero-order valence-corrected chi connectivity index (χ0v) is 11.9. The molecular formula is C15H30N2. The van der Waals surface area contributed by atoms with E-state index in [9.17, 15) is 0 Å². The van der Waals surface area contributed by atoms with Crippen LogP contribution in [-0.4, -0.2) is 30.6 Å². The van der Waals surface area contributed by atoms with E-state index in [0.29, 0.717) is 11.5 Å². The molecule has 2 nitrogen and oxygen atoms in total. The highest BCUT2D eigenvalue weighted by Gasteiger charge is 2.36. The monoisotopic (exact) mass is 238 g/mol. The molecule has 2 fully saturated rings. The van der Waals surface area contributed by atoms with Crippen molar-refractivity contribution < 1.29 is 0 Å². The molecule has 2 heteroatoms. The minimum atomic E-state index is 0.316. The zero-order valence-electron chi connectivity index (χ0n) is 11.9. The Labute approximate surface area is 107 Å². The van der Waals surface area contributed by atoms with E-state index in [2.05, 4.69) is 25.7 Å². The molecule has 3 atom stereocenters. The summed E-state index contributed by atoms with van der Waals surface area (Å²) < 4.78 is 0. The van der Waals surface area contributed by atoms with Crippen molar-refractivity contribution >= 4 is 0 Å². The van der Waals surface area contributed by atoms with E-state index in [1.165, 1.54) is 45.2 Å². The Hall–Kier alpha value is -0.0800. The van der Waals surface area contributed by atoms with E-state index in [0.717, 1.165) is 18.4 Å². The van der Waals surface area contributed by atoms with Gasteiger partial charge in [-0.1, -0.05) is 40.0 Å². The van der Waals surface area contributed by atoms with Gasteiger partial charge in [0, 0.05) is 19.1 Å². The zero-order chi connectivity index (χ0) is 12.5. The molecule has 1 heterocycles. The number of fused-ring (bicyclic) bond motifs is 1. The second kappa shape index (κ2) is 5.27. The van der Waals surface area contributed by atoms with E-state index in [1.54, 1.807) is 0 Å². The first-order chi connectivity index (χ1) is 8.02. The van der Waals surface area contributed by atoms with Crippen molar-refractivity contribution in [1.82, 2.24) is 4.90 Å². The van der Waals surface area contributed by atoms with Crippen molar-refractivity contribution in [3.8, 4) is 0 Å². The summed E-state index contributed by atoms with van der Waals surface area (Å²) in [5.41, 5.74) is 6.33. The van der Waals surface area contributed by atoms with Gasteiger partial charge in [0.05, 0.1) is 0 Å². The molecule has 1 saturated carbocycles. The molecular weight excluding hydrogens is 208 g/mol. The second-order valence-electron chi connectivity index (χ2n) is 7.21. The molecule has 2 rings (SSSR count). The lowest BCUT2D eigenvalue weighted by molar-refractivity contribution is 0.0211. The molecule has 0 radical (unpaired) electrons. The maximum absolute atomic E-state index is 6.02. The van der Waals surface area contributed by atoms with Crippen molar-refractivity contribution in [2.24, 2.45) is 23.0 Å². The number of hydrogen-bond donors (Lipinski definition) is 1. The van der Waals surface area contributed by atoms with Crippen LogP contribution in [0.3, 0.4) is 0 Å². The van der Waals surface area contributed by atoms with E-state index in [4.69, 9.17) is 5.73 Å². The number of rotatable bonds is 2. The van der Waals surface area contributed by atoms with Crippen LogP contribution in [0, 0.1) is 17.3 Å². The van der Waals surface area contributed by atoms with E-state index >= 15 is 0 Å². The Morgan fingerprint density at radius 2 is 1.76 bits per heavy atom.